The van der Waals surface area contributed by atoms with E-state index >= 15 is 0 Å². The molecule has 0 saturated carbocycles. The number of ether oxygens (including phenoxy) is 2. The third-order valence-corrected chi connectivity index (χ3v) is 6.64. The van der Waals surface area contributed by atoms with Crippen molar-refractivity contribution in [1.82, 2.24) is 24.2 Å². The van der Waals surface area contributed by atoms with Crippen molar-refractivity contribution in [2.45, 2.75) is 6.18 Å². The molecule has 1 saturated heterocycles. The van der Waals surface area contributed by atoms with Crippen LogP contribution in [0.2, 0.25) is 5.02 Å². The van der Waals surface area contributed by atoms with Crippen LogP contribution in [0.15, 0.2) is 52.1 Å². The first-order chi connectivity index (χ1) is 19.1. The molecular formula is C24H18ClF3N6O6. The fourth-order valence-electron chi connectivity index (χ4n) is 4.52. The highest BCUT2D eigenvalue weighted by atomic mass is 35.5. The van der Waals surface area contributed by atoms with Crippen LogP contribution in [-0.4, -0.2) is 64.0 Å². The number of nitrogens with one attached hydrogen (secondary N) is 1. The zero-order valence-electron chi connectivity index (χ0n) is 20.3. The number of halogens is 4. The van der Waals surface area contributed by atoms with Gasteiger partial charge in [-0.15, -0.1) is 0 Å². The van der Waals surface area contributed by atoms with E-state index in [2.05, 4.69) is 15.1 Å². The minimum absolute atomic E-state index is 0.0618. The minimum atomic E-state index is -5.49. The number of fused-ring (bicyclic) bond motifs is 2. The molecule has 0 amide bonds. The summed E-state index contributed by atoms with van der Waals surface area (Å²) in [6, 6.07) is 10.7. The van der Waals surface area contributed by atoms with Crippen LogP contribution in [0.4, 0.5) is 19.1 Å². The molecule has 1 fully saturated rings. The average Bonchev–Trinajstić information content (AvgIpc) is 3.56. The van der Waals surface area contributed by atoms with Gasteiger partial charge in [0.2, 0.25) is 12.7 Å². The second-order valence-electron chi connectivity index (χ2n) is 8.74. The lowest BCUT2D eigenvalue weighted by atomic mass is 10.2. The number of benzene rings is 2. The summed E-state index contributed by atoms with van der Waals surface area (Å²) in [6.45, 7) is 1.99. The highest BCUT2D eigenvalue weighted by molar-refractivity contribution is 6.32. The molecule has 2 aliphatic heterocycles. The van der Waals surface area contributed by atoms with E-state index in [1.165, 1.54) is 22.8 Å². The Kier molecular flexibility index (Phi) is 6.18. The summed E-state index contributed by atoms with van der Waals surface area (Å²) >= 11 is 6.49. The predicted octanol–water partition coefficient (Wildman–Crippen LogP) is 1.65. The van der Waals surface area contributed by atoms with Crippen LogP contribution in [0.5, 0.6) is 11.5 Å². The number of hydrogen-bond acceptors (Lipinski definition) is 9. The van der Waals surface area contributed by atoms with Crippen LogP contribution in [0.3, 0.4) is 0 Å². The number of nitrogens with zero attached hydrogens (tertiary/aromatic N) is 5. The molecule has 1 N–H and O–H groups in total. The number of hydrogen-bond donors (Lipinski definition) is 1. The van der Waals surface area contributed by atoms with Crippen molar-refractivity contribution in [1.29, 1.82) is 0 Å². The Morgan fingerprint density at radius 1 is 1.02 bits per heavy atom. The molecule has 12 nitrogen and oxygen atoms in total. The highest BCUT2D eigenvalue weighted by Gasteiger charge is 2.43. The molecular weight excluding hydrogens is 561 g/mol. The molecule has 2 aromatic carbocycles. The zero-order chi connectivity index (χ0) is 28.2. The maximum absolute atomic E-state index is 13.7. The number of aromatic nitrogens is 4. The van der Waals surface area contributed by atoms with Crippen molar-refractivity contribution in [2.75, 3.05) is 37.9 Å². The number of anilines is 1. The quantitative estimate of drug-likeness (QED) is 0.385. The van der Waals surface area contributed by atoms with Gasteiger partial charge in [-0.25, -0.2) is 14.2 Å². The van der Waals surface area contributed by atoms with Gasteiger partial charge < -0.3 is 24.5 Å². The van der Waals surface area contributed by atoms with Crippen molar-refractivity contribution >= 4 is 34.7 Å². The van der Waals surface area contributed by atoms with Gasteiger partial charge in [0.1, 0.15) is 0 Å². The Morgan fingerprint density at radius 2 is 1.75 bits per heavy atom. The largest absolute Gasteiger partial charge is 0.493 e. The van der Waals surface area contributed by atoms with Crippen LogP contribution in [0, 0.1) is 0 Å². The molecule has 0 bridgehead atoms. The number of carbonyl (C=O) groups is 1. The van der Waals surface area contributed by atoms with E-state index in [1.807, 2.05) is 4.90 Å². The Balaban J connectivity index is 1.72. The van der Waals surface area contributed by atoms with E-state index in [4.69, 9.17) is 21.1 Å². The Hall–Kier alpha value is -4.50. The number of imidazole rings is 1. The first-order valence-electron chi connectivity index (χ1n) is 11.9. The molecule has 4 heterocycles. The van der Waals surface area contributed by atoms with Crippen LogP contribution in [0.25, 0.3) is 22.5 Å². The fourth-order valence-corrected chi connectivity index (χ4v) is 4.74. The van der Waals surface area contributed by atoms with Crippen molar-refractivity contribution in [3.63, 3.8) is 0 Å². The molecule has 2 aliphatic rings. The smallest absolute Gasteiger partial charge is 0.454 e. The Morgan fingerprint density at radius 3 is 2.48 bits per heavy atom. The molecule has 0 spiro atoms. The summed E-state index contributed by atoms with van der Waals surface area (Å²) in [5.74, 6) is -1.94. The molecule has 4 aromatic rings. The lowest BCUT2D eigenvalue weighted by Gasteiger charge is -2.28. The number of piperazine rings is 1. The molecule has 16 heteroatoms. The lowest BCUT2D eigenvalue weighted by Crippen LogP contribution is -2.48. The van der Waals surface area contributed by atoms with E-state index in [0.717, 1.165) is 4.57 Å². The van der Waals surface area contributed by atoms with Gasteiger partial charge in [-0.2, -0.15) is 18.2 Å². The van der Waals surface area contributed by atoms with Gasteiger partial charge in [-0.05, 0) is 24.3 Å². The Labute approximate surface area is 226 Å². The molecule has 0 radical (unpaired) electrons. The van der Waals surface area contributed by atoms with E-state index < -0.39 is 23.4 Å². The van der Waals surface area contributed by atoms with E-state index in [1.54, 1.807) is 24.3 Å². The summed E-state index contributed by atoms with van der Waals surface area (Å²) in [7, 11) is 0. The topological polar surface area (TPSA) is 122 Å². The Bertz CT molecular complexity index is 1780. The van der Waals surface area contributed by atoms with Crippen molar-refractivity contribution in [3.05, 3.63) is 68.3 Å². The van der Waals surface area contributed by atoms with Gasteiger partial charge in [-0.3, -0.25) is 9.36 Å². The first-order valence-corrected chi connectivity index (χ1v) is 12.2. The van der Waals surface area contributed by atoms with Gasteiger partial charge in [0.25, 0.3) is 0 Å². The van der Waals surface area contributed by atoms with E-state index in [0.29, 0.717) is 31.9 Å². The van der Waals surface area contributed by atoms with Crippen LogP contribution in [-0.2, 0) is 4.79 Å². The summed E-state index contributed by atoms with van der Waals surface area (Å²) in [5.41, 5.74) is -2.97. The third kappa shape index (κ3) is 4.23. The standard InChI is InChI=1S/C24H18ClF3N6O6/c25-14-3-1-2-4-15(14)33-18-19(30-22(33)31-9-7-29-8-10-31)32(13-5-6-16-17(11-13)39-12-38-16)23(37)34(20(18)35)40-21(36)24(26,27)28/h1-6,11,29H,7-10,12H2. The molecule has 208 valence electrons. The van der Waals surface area contributed by atoms with Crippen molar-refractivity contribution < 1.29 is 32.3 Å². The van der Waals surface area contributed by atoms with Gasteiger partial charge >= 0.3 is 23.4 Å². The van der Waals surface area contributed by atoms with Gasteiger partial charge in [-0.1, -0.05) is 28.5 Å². The summed E-state index contributed by atoms with van der Waals surface area (Å²) < 4.78 is 52.1. The van der Waals surface area contributed by atoms with Crippen LogP contribution in [0.1, 0.15) is 0 Å². The number of para-hydroxylation sites is 1. The average molecular weight is 579 g/mol. The normalized spacial score (nSPS) is 15.1. The molecule has 2 aromatic heterocycles. The van der Waals surface area contributed by atoms with Crippen LogP contribution < -0.4 is 35.8 Å². The monoisotopic (exact) mass is 578 g/mol. The molecule has 40 heavy (non-hydrogen) atoms. The second kappa shape index (κ2) is 9.60. The molecule has 0 unspecified atom stereocenters. The summed E-state index contributed by atoms with van der Waals surface area (Å²) in [4.78, 5) is 49.9. The van der Waals surface area contributed by atoms with Gasteiger partial charge in [0.15, 0.2) is 22.7 Å². The predicted molar refractivity (Wildman–Crippen MR) is 135 cm³/mol. The number of rotatable bonds is 4. The number of carbonyl (C=O) groups excluding carboxylic acids is 1. The van der Waals surface area contributed by atoms with Crippen molar-refractivity contribution in [3.8, 4) is 22.9 Å². The van der Waals surface area contributed by atoms with E-state index in [-0.39, 0.29) is 50.8 Å². The number of alkyl halides is 3. The molecule has 6 rings (SSSR count). The second-order valence-corrected chi connectivity index (χ2v) is 9.15. The maximum Gasteiger partial charge on any atom is 0.493 e. The van der Waals surface area contributed by atoms with Gasteiger partial charge in [0, 0.05) is 32.2 Å². The first kappa shape index (κ1) is 25.8. The minimum Gasteiger partial charge on any atom is -0.454 e. The van der Waals surface area contributed by atoms with E-state index in [9.17, 15) is 27.6 Å². The van der Waals surface area contributed by atoms with Gasteiger partial charge in [0.05, 0.1) is 16.4 Å². The molecule has 0 atom stereocenters. The lowest BCUT2D eigenvalue weighted by molar-refractivity contribution is -0.200. The van der Waals surface area contributed by atoms with Crippen molar-refractivity contribution in [2.24, 2.45) is 0 Å². The fraction of sp³-hybridized carbons (Fsp3) is 0.250. The highest BCUT2D eigenvalue weighted by Crippen LogP contribution is 2.35. The molecule has 0 aliphatic carbocycles. The van der Waals surface area contributed by atoms with Crippen LogP contribution >= 0.6 is 11.6 Å². The maximum atomic E-state index is 13.7. The summed E-state index contributed by atoms with van der Waals surface area (Å²) in [5, 5.41) is 3.39. The third-order valence-electron chi connectivity index (χ3n) is 6.32. The summed E-state index contributed by atoms with van der Waals surface area (Å²) in [6.07, 6.45) is -5.49. The zero-order valence-corrected chi connectivity index (χ0v) is 21.0. The SMILES string of the molecule is O=C(On1c(=O)c2c(nc(N3CCNCC3)n2-c2ccccc2Cl)n(-c2ccc3c(c2)OCO3)c1=O)C(F)(F)F.